The molecule has 16 heavy (non-hydrogen) atoms. The van der Waals surface area contributed by atoms with E-state index < -0.39 is 0 Å². The van der Waals surface area contributed by atoms with Gasteiger partial charge in [0, 0.05) is 17.1 Å². The average molecular weight is 242 g/mol. The van der Waals surface area contributed by atoms with E-state index in [1.807, 2.05) is 13.8 Å². The van der Waals surface area contributed by atoms with E-state index in [9.17, 15) is 9.90 Å². The van der Waals surface area contributed by atoms with Crippen molar-refractivity contribution in [2.45, 2.75) is 32.8 Å². The fourth-order valence-corrected chi connectivity index (χ4v) is 2.11. The van der Waals surface area contributed by atoms with E-state index >= 15 is 0 Å². The largest absolute Gasteiger partial charge is 0.398 e. The predicted octanol–water partition coefficient (Wildman–Crippen LogP) is 1.53. The van der Waals surface area contributed by atoms with Gasteiger partial charge < -0.3 is 16.2 Å². The van der Waals surface area contributed by atoms with Crippen LogP contribution in [0, 0.1) is 6.92 Å². The first-order chi connectivity index (χ1) is 7.54. The molecule has 1 heterocycles. The maximum Gasteiger partial charge on any atom is 0.261 e. The Kier molecular flexibility index (Phi) is 4.76. The lowest BCUT2D eigenvalue weighted by atomic mass is 10.2. The summed E-state index contributed by atoms with van der Waals surface area (Å²) in [6.45, 7) is 4.29. The van der Waals surface area contributed by atoms with E-state index in [2.05, 4.69) is 5.32 Å². The lowest BCUT2D eigenvalue weighted by Gasteiger charge is -2.07. The number of nitrogen functional groups attached to an aromatic ring is 1. The van der Waals surface area contributed by atoms with Gasteiger partial charge in [0.05, 0.1) is 11.0 Å². The van der Waals surface area contributed by atoms with Gasteiger partial charge in [0.15, 0.2) is 0 Å². The molecule has 0 aliphatic heterocycles. The van der Waals surface area contributed by atoms with Gasteiger partial charge in [-0.25, -0.2) is 0 Å². The fourth-order valence-electron chi connectivity index (χ4n) is 1.25. The summed E-state index contributed by atoms with van der Waals surface area (Å²) < 4.78 is 0. The number of hydrogen-bond donors (Lipinski definition) is 3. The molecule has 1 unspecified atom stereocenters. The second-order valence-electron chi connectivity index (χ2n) is 3.73. The number of nitrogens with two attached hydrogens (primary N) is 1. The molecule has 4 nitrogen and oxygen atoms in total. The summed E-state index contributed by atoms with van der Waals surface area (Å²) in [7, 11) is 0. The molecule has 1 rings (SSSR count). The topological polar surface area (TPSA) is 75.3 Å². The van der Waals surface area contributed by atoms with E-state index in [4.69, 9.17) is 5.73 Å². The molecule has 5 heteroatoms. The predicted molar refractivity (Wildman–Crippen MR) is 66.7 cm³/mol. The Labute approximate surface area is 99.5 Å². The van der Waals surface area contributed by atoms with Crippen LogP contribution >= 0.6 is 11.3 Å². The van der Waals surface area contributed by atoms with E-state index in [0.29, 0.717) is 30.0 Å². The number of carbonyl (C=O) groups excluding carboxylic acids is 1. The Morgan fingerprint density at radius 1 is 1.69 bits per heavy atom. The first kappa shape index (κ1) is 13.0. The number of hydrogen-bond acceptors (Lipinski definition) is 4. The number of amides is 1. The first-order valence-electron chi connectivity index (χ1n) is 5.36. The van der Waals surface area contributed by atoms with Crippen molar-refractivity contribution < 1.29 is 9.90 Å². The van der Waals surface area contributed by atoms with Gasteiger partial charge in [-0.3, -0.25) is 4.79 Å². The zero-order chi connectivity index (χ0) is 12.1. The van der Waals surface area contributed by atoms with E-state index in [-0.39, 0.29) is 12.0 Å². The highest BCUT2D eigenvalue weighted by molar-refractivity contribution is 7.14. The third-order valence-corrected chi connectivity index (χ3v) is 3.48. The molecular weight excluding hydrogens is 224 g/mol. The third-order valence-electron chi connectivity index (χ3n) is 2.41. The van der Waals surface area contributed by atoms with Gasteiger partial charge in [0.1, 0.15) is 0 Å². The molecule has 0 aliphatic carbocycles. The van der Waals surface area contributed by atoms with Crippen LogP contribution in [0.4, 0.5) is 5.69 Å². The molecule has 1 aromatic rings. The van der Waals surface area contributed by atoms with Crippen LogP contribution in [0.3, 0.4) is 0 Å². The molecule has 1 atom stereocenters. The standard InChI is InChI=1S/C11H18N2O2S/c1-3-8(14)4-5-13-11(15)10-6-9(12)7(2)16-10/h6,8,14H,3-5,12H2,1-2H3,(H,13,15). The Morgan fingerprint density at radius 2 is 2.38 bits per heavy atom. The number of rotatable bonds is 5. The molecule has 4 N–H and O–H groups in total. The number of anilines is 1. The lowest BCUT2D eigenvalue weighted by Crippen LogP contribution is -2.26. The van der Waals surface area contributed by atoms with Crippen LogP contribution in [0.5, 0.6) is 0 Å². The maximum absolute atomic E-state index is 11.6. The van der Waals surface area contributed by atoms with Gasteiger partial charge in [-0.1, -0.05) is 6.92 Å². The van der Waals surface area contributed by atoms with E-state index in [0.717, 1.165) is 4.88 Å². The summed E-state index contributed by atoms with van der Waals surface area (Å²) in [5, 5.41) is 12.1. The van der Waals surface area contributed by atoms with Crippen LogP contribution in [-0.2, 0) is 0 Å². The summed E-state index contributed by atoms with van der Waals surface area (Å²) in [6.07, 6.45) is 0.957. The number of aliphatic hydroxyl groups excluding tert-OH is 1. The summed E-state index contributed by atoms with van der Waals surface area (Å²) in [5.74, 6) is -0.117. The summed E-state index contributed by atoms with van der Waals surface area (Å²) in [6, 6.07) is 1.69. The molecule has 0 radical (unpaired) electrons. The van der Waals surface area contributed by atoms with Crippen LogP contribution in [-0.4, -0.2) is 23.7 Å². The Hall–Kier alpha value is -1.07. The lowest BCUT2D eigenvalue weighted by molar-refractivity contribution is 0.0946. The van der Waals surface area contributed by atoms with Crippen molar-refractivity contribution in [2.75, 3.05) is 12.3 Å². The van der Waals surface area contributed by atoms with Crippen LogP contribution in [0.25, 0.3) is 0 Å². The molecule has 0 aromatic carbocycles. The first-order valence-corrected chi connectivity index (χ1v) is 6.18. The Balaban J connectivity index is 2.41. The second kappa shape index (κ2) is 5.86. The summed E-state index contributed by atoms with van der Waals surface area (Å²) in [4.78, 5) is 13.2. The van der Waals surface area contributed by atoms with Crippen LogP contribution < -0.4 is 11.1 Å². The normalized spacial score (nSPS) is 12.4. The van der Waals surface area contributed by atoms with Crippen molar-refractivity contribution in [3.8, 4) is 0 Å². The van der Waals surface area contributed by atoms with Gasteiger partial charge in [0.2, 0.25) is 0 Å². The number of thiophene rings is 1. The molecule has 0 saturated heterocycles. The van der Waals surface area contributed by atoms with Crippen molar-refractivity contribution in [3.05, 3.63) is 15.8 Å². The maximum atomic E-state index is 11.6. The van der Waals surface area contributed by atoms with Gasteiger partial charge >= 0.3 is 0 Å². The zero-order valence-electron chi connectivity index (χ0n) is 9.62. The number of aryl methyl sites for hydroxylation is 1. The highest BCUT2D eigenvalue weighted by atomic mass is 32.1. The highest BCUT2D eigenvalue weighted by Gasteiger charge is 2.10. The molecule has 0 spiro atoms. The van der Waals surface area contributed by atoms with Crippen LogP contribution in [0.2, 0.25) is 0 Å². The Morgan fingerprint density at radius 3 is 2.88 bits per heavy atom. The molecule has 0 saturated carbocycles. The van der Waals surface area contributed by atoms with Crippen molar-refractivity contribution in [2.24, 2.45) is 0 Å². The van der Waals surface area contributed by atoms with Crippen molar-refractivity contribution in [3.63, 3.8) is 0 Å². The van der Waals surface area contributed by atoms with Gasteiger partial charge in [-0.05, 0) is 25.8 Å². The SMILES string of the molecule is CCC(O)CCNC(=O)c1cc(N)c(C)s1. The average Bonchev–Trinajstić information content (AvgIpc) is 2.59. The van der Waals surface area contributed by atoms with Crippen molar-refractivity contribution in [1.82, 2.24) is 5.32 Å². The molecule has 90 valence electrons. The monoisotopic (exact) mass is 242 g/mol. The molecular formula is C11H18N2O2S. The molecule has 0 bridgehead atoms. The molecule has 0 aliphatic rings. The number of aliphatic hydroxyl groups is 1. The Bertz CT molecular complexity index is 343. The minimum Gasteiger partial charge on any atom is -0.398 e. The number of nitrogens with one attached hydrogen (secondary N) is 1. The summed E-state index contributed by atoms with van der Waals surface area (Å²) >= 11 is 1.39. The third kappa shape index (κ3) is 3.50. The fraction of sp³-hybridized carbons (Fsp3) is 0.545. The van der Waals surface area contributed by atoms with Crippen LogP contribution in [0.1, 0.15) is 34.3 Å². The van der Waals surface area contributed by atoms with Gasteiger partial charge in [-0.15, -0.1) is 11.3 Å². The second-order valence-corrected chi connectivity index (χ2v) is 4.99. The zero-order valence-corrected chi connectivity index (χ0v) is 10.4. The minimum atomic E-state index is -0.338. The van der Waals surface area contributed by atoms with Gasteiger partial charge in [0.25, 0.3) is 5.91 Å². The van der Waals surface area contributed by atoms with Crippen LogP contribution in [0.15, 0.2) is 6.07 Å². The van der Waals surface area contributed by atoms with E-state index in [1.54, 1.807) is 6.07 Å². The molecule has 0 fully saturated rings. The van der Waals surface area contributed by atoms with E-state index in [1.165, 1.54) is 11.3 Å². The highest BCUT2D eigenvalue weighted by Crippen LogP contribution is 2.23. The number of carbonyl (C=O) groups is 1. The molecule has 1 aromatic heterocycles. The quantitative estimate of drug-likeness (QED) is 0.733. The van der Waals surface area contributed by atoms with Gasteiger partial charge in [-0.2, -0.15) is 0 Å². The van der Waals surface area contributed by atoms with Crippen molar-refractivity contribution in [1.29, 1.82) is 0 Å². The molecule has 1 amide bonds. The smallest absolute Gasteiger partial charge is 0.261 e. The minimum absolute atomic E-state index is 0.117. The van der Waals surface area contributed by atoms with Crippen molar-refractivity contribution >= 4 is 22.9 Å². The summed E-state index contributed by atoms with van der Waals surface area (Å²) in [5.41, 5.74) is 6.32.